The summed E-state index contributed by atoms with van der Waals surface area (Å²) in [6, 6.07) is 22.8. The number of carbonyl (C=O) groups is 1. The molecule has 2 N–H and O–H groups in total. The second-order valence-electron chi connectivity index (χ2n) is 9.28. The summed E-state index contributed by atoms with van der Waals surface area (Å²) in [4.78, 5) is 14.5. The number of nitrogens with one attached hydrogen (secondary N) is 1. The number of hydrogen-bond acceptors (Lipinski definition) is 5. The zero-order valence-corrected chi connectivity index (χ0v) is 21.2. The third kappa shape index (κ3) is 6.45. The highest BCUT2D eigenvalue weighted by Gasteiger charge is 2.25. The van der Waals surface area contributed by atoms with Gasteiger partial charge in [-0.05, 0) is 61.2 Å². The van der Waals surface area contributed by atoms with E-state index in [1.165, 1.54) is 16.7 Å². The molecule has 6 heteroatoms. The second-order valence-corrected chi connectivity index (χ2v) is 9.28. The number of benzene rings is 3. The molecule has 0 aromatic heterocycles. The lowest BCUT2D eigenvalue weighted by Gasteiger charge is -2.31. The lowest BCUT2D eigenvalue weighted by Crippen LogP contribution is -2.40. The predicted molar refractivity (Wildman–Crippen MR) is 142 cm³/mol. The molecule has 1 heterocycles. The summed E-state index contributed by atoms with van der Waals surface area (Å²) in [5.74, 6) is 1.66. The fraction of sp³-hybridized carbons (Fsp3) is 0.367. The van der Waals surface area contributed by atoms with Crippen LogP contribution in [0.1, 0.15) is 29.5 Å². The van der Waals surface area contributed by atoms with E-state index >= 15 is 0 Å². The van der Waals surface area contributed by atoms with Gasteiger partial charge in [0.25, 0.3) is 0 Å². The molecule has 0 unspecified atom stereocenters. The average molecular weight is 489 g/mol. The molecule has 36 heavy (non-hydrogen) atoms. The first-order chi connectivity index (χ1) is 17.6. The minimum atomic E-state index is -0.0240. The van der Waals surface area contributed by atoms with E-state index < -0.39 is 0 Å². The first-order valence-corrected chi connectivity index (χ1v) is 12.6. The van der Waals surface area contributed by atoms with Gasteiger partial charge in [-0.25, -0.2) is 0 Å². The number of aliphatic hydroxyl groups excluding tert-OH is 1. The van der Waals surface area contributed by atoms with Crippen LogP contribution in [0.3, 0.4) is 0 Å². The summed E-state index contributed by atoms with van der Waals surface area (Å²) in [5, 5.41) is 11.7. The lowest BCUT2D eigenvalue weighted by molar-refractivity contribution is -0.126. The van der Waals surface area contributed by atoms with Gasteiger partial charge in [0.15, 0.2) is 0 Å². The van der Waals surface area contributed by atoms with E-state index in [1.54, 1.807) is 7.11 Å². The maximum Gasteiger partial charge on any atom is 0.223 e. The molecular weight excluding hydrogens is 452 g/mol. The number of rotatable bonds is 10. The zero-order valence-electron chi connectivity index (χ0n) is 21.2. The number of piperidine rings is 1. The molecule has 0 spiro atoms. The summed E-state index contributed by atoms with van der Waals surface area (Å²) >= 11 is 0. The van der Waals surface area contributed by atoms with Gasteiger partial charge in [0.2, 0.25) is 5.91 Å². The van der Waals surface area contributed by atoms with Crippen molar-refractivity contribution in [3.05, 3.63) is 83.4 Å². The van der Waals surface area contributed by atoms with Crippen molar-refractivity contribution >= 4 is 5.91 Å². The van der Waals surface area contributed by atoms with E-state index in [9.17, 15) is 4.79 Å². The van der Waals surface area contributed by atoms with Crippen LogP contribution in [0.2, 0.25) is 0 Å². The Labute approximate surface area is 213 Å². The molecule has 1 amide bonds. The van der Waals surface area contributed by atoms with Crippen molar-refractivity contribution in [3.8, 4) is 22.6 Å². The van der Waals surface area contributed by atoms with Gasteiger partial charge in [0.1, 0.15) is 18.1 Å². The van der Waals surface area contributed by atoms with Gasteiger partial charge in [-0.3, -0.25) is 9.69 Å². The monoisotopic (exact) mass is 488 g/mol. The molecule has 3 aromatic carbocycles. The Hall–Kier alpha value is -3.35. The van der Waals surface area contributed by atoms with Crippen molar-refractivity contribution in [2.75, 3.05) is 33.4 Å². The van der Waals surface area contributed by atoms with Crippen LogP contribution >= 0.6 is 0 Å². The van der Waals surface area contributed by atoms with E-state index in [0.29, 0.717) is 13.2 Å². The predicted octanol–water partition coefficient (Wildman–Crippen LogP) is 4.57. The highest BCUT2D eigenvalue weighted by Crippen LogP contribution is 2.30. The fourth-order valence-corrected chi connectivity index (χ4v) is 4.79. The van der Waals surface area contributed by atoms with Crippen molar-refractivity contribution < 1.29 is 19.4 Å². The molecule has 1 aliphatic rings. The molecule has 0 saturated carbocycles. The molecule has 1 saturated heterocycles. The summed E-state index contributed by atoms with van der Waals surface area (Å²) < 4.78 is 11.9. The normalized spacial score (nSPS) is 14.4. The molecule has 0 atom stereocenters. The highest BCUT2D eigenvalue weighted by molar-refractivity contribution is 5.78. The number of ether oxygens (including phenoxy) is 2. The lowest BCUT2D eigenvalue weighted by atomic mass is 9.95. The first kappa shape index (κ1) is 25.7. The molecule has 0 radical (unpaired) electrons. The van der Waals surface area contributed by atoms with Gasteiger partial charge in [0.05, 0.1) is 13.7 Å². The minimum absolute atomic E-state index is 0.0225. The molecule has 190 valence electrons. The van der Waals surface area contributed by atoms with Crippen LogP contribution in [0.5, 0.6) is 11.5 Å². The summed E-state index contributed by atoms with van der Waals surface area (Å²) in [5.41, 5.74) is 5.92. The van der Waals surface area contributed by atoms with E-state index in [1.807, 2.05) is 18.2 Å². The molecule has 1 fully saturated rings. The van der Waals surface area contributed by atoms with Gasteiger partial charge in [-0.1, -0.05) is 54.6 Å². The van der Waals surface area contributed by atoms with Crippen LogP contribution in [-0.4, -0.2) is 49.3 Å². The van der Waals surface area contributed by atoms with Gasteiger partial charge in [-0.2, -0.15) is 0 Å². The maximum absolute atomic E-state index is 12.2. The van der Waals surface area contributed by atoms with E-state index in [0.717, 1.165) is 55.1 Å². The van der Waals surface area contributed by atoms with Crippen LogP contribution in [0.25, 0.3) is 11.1 Å². The number of aliphatic hydroxyl groups is 1. The van der Waals surface area contributed by atoms with Crippen LogP contribution in [-0.2, 0) is 17.9 Å². The third-order valence-corrected chi connectivity index (χ3v) is 6.95. The van der Waals surface area contributed by atoms with Gasteiger partial charge >= 0.3 is 0 Å². The Balaban J connectivity index is 1.35. The molecule has 3 aromatic rings. The number of methoxy groups -OCH3 is 1. The minimum Gasteiger partial charge on any atom is -0.496 e. The van der Waals surface area contributed by atoms with Gasteiger partial charge in [0, 0.05) is 30.6 Å². The summed E-state index contributed by atoms with van der Waals surface area (Å²) in [6.07, 6.45) is 1.64. The first-order valence-electron chi connectivity index (χ1n) is 12.6. The topological polar surface area (TPSA) is 71.0 Å². The van der Waals surface area contributed by atoms with E-state index in [2.05, 4.69) is 65.7 Å². The highest BCUT2D eigenvalue weighted by atomic mass is 16.5. The molecule has 0 aliphatic carbocycles. The van der Waals surface area contributed by atoms with Crippen molar-refractivity contribution in [1.29, 1.82) is 0 Å². The SMILES string of the molecule is COc1cc(OCc2cccc(-c3ccccc3)c2C)ccc1CN1CCC(C(=O)NCCO)CC1. The quantitative estimate of drug-likeness (QED) is 0.438. The van der Waals surface area contributed by atoms with Gasteiger partial charge in [-0.15, -0.1) is 0 Å². The molecule has 6 nitrogen and oxygen atoms in total. The van der Waals surface area contributed by atoms with Crippen LogP contribution in [0.4, 0.5) is 0 Å². The standard InChI is InChI=1S/C30H36N2O4/c1-22-26(9-6-10-28(22)23-7-4-3-5-8-23)21-36-27-12-11-25(29(19-27)35-2)20-32-16-13-24(14-17-32)30(34)31-15-18-33/h3-12,19,24,33H,13-18,20-21H2,1-2H3,(H,31,34). The largest absolute Gasteiger partial charge is 0.496 e. The smallest absolute Gasteiger partial charge is 0.223 e. The zero-order chi connectivity index (χ0) is 25.3. The maximum atomic E-state index is 12.2. The summed E-state index contributed by atoms with van der Waals surface area (Å²) in [7, 11) is 1.69. The number of hydrogen-bond donors (Lipinski definition) is 2. The average Bonchev–Trinajstić information content (AvgIpc) is 2.92. The molecule has 0 bridgehead atoms. The Morgan fingerprint density at radius 3 is 2.53 bits per heavy atom. The van der Waals surface area contributed by atoms with Crippen molar-refractivity contribution in [1.82, 2.24) is 10.2 Å². The molecular formula is C30H36N2O4. The van der Waals surface area contributed by atoms with Gasteiger partial charge < -0.3 is 19.9 Å². The fourth-order valence-electron chi connectivity index (χ4n) is 4.79. The Kier molecular flexibility index (Phi) is 8.98. The Morgan fingerprint density at radius 2 is 1.81 bits per heavy atom. The van der Waals surface area contributed by atoms with E-state index in [4.69, 9.17) is 14.6 Å². The van der Waals surface area contributed by atoms with Crippen molar-refractivity contribution in [3.63, 3.8) is 0 Å². The van der Waals surface area contributed by atoms with Crippen LogP contribution in [0.15, 0.2) is 66.7 Å². The Morgan fingerprint density at radius 1 is 1.03 bits per heavy atom. The molecule has 4 rings (SSSR count). The number of carbonyl (C=O) groups excluding carboxylic acids is 1. The number of likely N-dealkylation sites (tertiary alicyclic amines) is 1. The summed E-state index contributed by atoms with van der Waals surface area (Å²) in [6.45, 7) is 5.41. The van der Waals surface area contributed by atoms with Crippen LogP contribution < -0.4 is 14.8 Å². The van der Waals surface area contributed by atoms with E-state index in [-0.39, 0.29) is 18.4 Å². The van der Waals surface area contributed by atoms with Crippen molar-refractivity contribution in [2.24, 2.45) is 5.92 Å². The number of nitrogens with zero attached hydrogens (tertiary/aromatic N) is 1. The second kappa shape index (κ2) is 12.6. The Bertz CT molecular complexity index is 1140. The molecule has 1 aliphatic heterocycles. The van der Waals surface area contributed by atoms with Crippen molar-refractivity contribution in [2.45, 2.75) is 32.9 Å². The van der Waals surface area contributed by atoms with Crippen LogP contribution in [0, 0.1) is 12.8 Å². The third-order valence-electron chi connectivity index (χ3n) is 6.95. The number of amides is 1.